The third-order valence-corrected chi connectivity index (χ3v) is 7.18. The monoisotopic (exact) mass is 405 g/mol. The van der Waals surface area contributed by atoms with Gasteiger partial charge >= 0.3 is 5.95 Å². The Morgan fingerprint density at radius 2 is 2.37 bits per heavy atom. The van der Waals surface area contributed by atoms with Crippen molar-refractivity contribution in [3.63, 3.8) is 0 Å². The van der Waals surface area contributed by atoms with Gasteiger partial charge in [0.05, 0.1) is 0 Å². The van der Waals surface area contributed by atoms with E-state index in [-0.39, 0.29) is 0 Å². The number of nitrogens with zero attached hydrogens (tertiary/aromatic N) is 3. The molecule has 0 unspecified atom stereocenters. The number of aromatic nitrogens is 2. The van der Waals surface area contributed by atoms with Gasteiger partial charge in [0.2, 0.25) is 0 Å². The van der Waals surface area contributed by atoms with Gasteiger partial charge in [-0.15, -0.1) is 0 Å². The average molecular weight is 405 g/mol. The number of hydrogen-bond acceptors (Lipinski definition) is 5. The van der Waals surface area contributed by atoms with Crippen molar-refractivity contribution in [2.75, 3.05) is 12.0 Å². The lowest BCUT2D eigenvalue weighted by Crippen LogP contribution is -2.50. The third kappa shape index (κ3) is 2.12. The molecule has 19 heavy (non-hydrogen) atoms. The zero-order chi connectivity index (χ0) is 13.6. The van der Waals surface area contributed by atoms with Gasteiger partial charge in [0.25, 0.3) is 0 Å². The van der Waals surface area contributed by atoms with E-state index in [4.69, 9.17) is 5.73 Å². The highest BCUT2D eigenvalue weighted by atomic mass is 127. The molecule has 2 heterocycles. The first-order valence-electron chi connectivity index (χ1n) is 6.17. The molecule has 1 aromatic rings. The normalized spacial score (nSPS) is 28.6. The molecule has 4 nitrogen and oxygen atoms in total. The molecule has 3 rings (SSSR count). The Bertz CT molecular complexity index is 572. The van der Waals surface area contributed by atoms with Crippen molar-refractivity contribution >= 4 is 52.1 Å². The van der Waals surface area contributed by atoms with Crippen LogP contribution in [0.2, 0.25) is 0 Å². The van der Waals surface area contributed by atoms with Crippen molar-refractivity contribution in [3.05, 3.63) is 5.56 Å². The van der Waals surface area contributed by atoms with Crippen molar-refractivity contribution in [1.82, 2.24) is 4.98 Å². The molecule has 1 aliphatic carbocycles. The van der Waals surface area contributed by atoms with Crippen LogP contribution in [0.25, 0.3) is 0 Å². The number of alkyl halides is 1. The van der Waals surface area contributed by atoms with Crippen LogP contribution < -0.4 is 10.3 Å². The molecule has 0 bridgehead atoms. The van der Waals surface area contributed by atoms with Gasteiger partial charge in [0.15, 0.2) is 10.1 Å². The number of nitriles is 1. The van der Waals surface area contributed by atoms with Gasteiger partial charge in [-0.25, -0.2) is 4.57 Å². The smallest absolute Gasteiger partial charge is 0.287 e. The van der Waals surface area contributed by atoms with Crippen LogP contribution in [0.1, 0.15) is 30.9 Å². The molecular weight excluding hydrogens is 391 g/mol. The molecule has 2 aliphatic rings. The van der Waals surface area contributed by atoms with Crippen LogP contribution in [-0.2, 0) is 0 Å². The lowest BCUT2D eigenvalue weighted by molar-refractivity contribution is -0.739. The Morgan fingerprint density at radius 3 is 3.05 bits per heavy atom. The fourth-order valence-corrected chi connectivity index (χ4v) is 6.62. The number of nitrogen functional groups attached to an aromatic ring is 1. The van der Waals surface area contributed by atoms with Crippen LogP contribution in [0.3, 0.4) is 0 Å². The van der Waals surface area contributed by atoms with Gasteiger partial charge in [-0.2, -0.15) is 5.26 Å². The summed E-state index contributed by atoms with van der Waals surface area (Å²) in [7, 11) is 0. The van der Waals surface area contributed by atoms with Gasteiger partial charge in [0, 0.05) is 9.17 Å². The summed E-state index contributed by atoms with van der Waals surface area (Å²) in [4.78, 5) is 4.42. The largest absolute Gasteiger partial charge is 0.391 e. The van der Waals surface area contributed by atoms with E-state index in [9.17, 15) is 5.26 Å². The molecule has 7 heteroatoms. The Balaban J connectivity index is 2.19. The minimum Gasteiger partial charge on any atom is -0.287 e. The van der Waals surface area contributed by atoms with Crippen molar-refractivity contribution in [2.24, 2.45) is 0 Å². The molecule has 0 saturated heterocycles. The molecule has 100 valence electrons. The van der Waals surface area contributed by atoms with E-state index in [1.807, 2.05) is 18.0 Å². The summed E-state index contributed by atoms with van der Waals surface area (Å²) in [6, 6.07) is 2.71. The SMILES string of the molecule is CSc1nc(N)[n+]2c(c1C#N)S[C@@H]1CCC[C@H](I)[C@@H]12. The topological polar surface area (TPSA) is 66.6 Å². The standard InChI is InChI=1S/C12H13IN4S2/c1-18-10-6(5-14)11-17(12(15)16-10)9-7(13)3-2-4-8(9)19-11/h7-9,15H,2-4H2,1H3/p+1/t7-,8+,9-/m0/s1. The predicted octanol–water partition coefficient (Wildman–Crippen LogP) is 2.55. The molecule has 0 aromatic carbocycles. The summed E-state index contributed by atoms with van der Waals surface area (Å²) in [5, 5.41) is 11.8. The van der Waals surface area contributed by atoms with E-state index in [0.29, 0.717) is 26.7 Å². The van der Waals surface area contributed by atoms with Crippen LogP contribution in [0.5, 0.6) is 0 Å². The number of nitrogens with two attached hydrogens (primary N) is 1. The van der Waals surface area contributed by atoms with E-state index in [1.165, 1.54) is 31.0 Å². The maximum atomic E-state index is 9.43. The first-order chi connectivity index (χ1) is 9.17. The lowest BCUT2D eigenvalue weighted by Gasteiger charge is -2.28. The Morgan fingerprint density at radius 1 is 1.58 bits per heavy atom. The minimum absolute atomic E-state index is 0.393. The first-order valence-corrected chi connectivity index (χ1v) is 9.52. The molecule has 0 amide bonds. The molecule has 3 atom stereocenters. The van der Waals surface area contributed by atoms with Crippen molar-refractivity contribution < 1.29 is 4.57 Å². The number of fused-ring (bicyclic) bond motifs is 3. The zero-order valence-electron chi connectivity index (χ0n) is 10.5. The second-order valence-corrected chi connectivity index (χ2v) is 8.36. The number of rotatable bonds is 1. The molecule has 0 spiro atoms. The van der Waals surface area contributed by atoms with Crippen molar-refractivity contribution in [3.8, 4) is 6.07 Å². The van der Waals surface area contributed by atoms with Crippen LogP contribution >= 0.6 is 46.1 Å². The van der Waals surface area contributed by atoms with Gasteiger partial charge in [-0.05, 0) is 19.1 Å². The fourth-order valence-electron chi connectivity index (χ4n) is 2.87. The van der Waals surface area contributed by atoms with Gasteiger partial charge in [-0.3, -0.25) is 5.73 Å². The minimum atomic E-state index is 0.393. The van der Waals surface area contributed by atoms with E-state index in [1.54, 1.807) is 0 Å². The van der Waals surface area contributed by atoms with Crippen LogP contribution in [0.15, 0.2) is 10.1 Å². The molecule has 1 saturated carbocycles. The van der Waals surface area contributed by atoms with Crippen molar-refractivity contribution in [1.29, 1.82) is 5.26 Å². The summed E-state index contributed by atoms with van der Waals surface area (Å²) in [5.41, 5.74) is 6.85. The van der Waals surface area contributed by atoms with Crippen molar-refractivity contribution in [2.45, 2.75) is 44.5 Å². The second kappa shape index (κ2) is 5.30. The Hall–Kier alpha value is -0.200. The summed E-state index contributed by atoms with van der Waals surface area (Å²) >= 11 is 5.84. The highest BCUT2D eigenvalue weighted by molar-refractivity contribution is 14.1. The highest BCUT2D eigenvalue weighted by Gasteiger charge is 2.46. The van der Waals surface area contributed by atoms with Gasteiger partial charge < -0.3 is 0 Å². The van der Waals surface area contributed by atoms with E-state index < -0.39 is 0 Å². The van der Waals surface area contributed by atoms with Gasteiger partial charge in [-0.1, -0.05) is 57.5 Å². The van der Waals surface area contributed by atoms with Crippen LogP contribution in [0, 0.1) is 11.3 Å². The second-order valence-electron chi connectivity index (χ2n) is 4.74. The predicted molar refractivity (Wildman–Crippen MR) is 85.7 cm³/mol. The van der Waals surface area contributed by atoms with E-state index in [2.05, 4.69) is 38.2 Å². The van der Waals surface area contributed by atoms with E-state index >= 15 is 0 Å². The number of halogens is 1. The zero-order valence-corrected chi connectivity index (χ0v) is 14.3. The molecular formula is C12H14IN4S2+. The third-order valence-electron chi connectivity index (χ3n) is 3.70. The molecule has 1 aromatic heterocycles. The summed E-state index contributed by atoms with van der Waals surface area (Å²) in [6.07, 6.45) is 5.63. The fraction of sp³-hybridized carbons (Fsp3) is 0.583. The molecule has 2 N–H and O–H groups in total. The van der Waals surface area contributed by atoms with Gasteiger partial charge in [0.1, 0.15) is 17.7 Å². The number of thioether (sulfide) groups is 2. The quantitative estimate of drug-likeness (QED) is 0.256. The number of hydrogen-bond donors (Lipinski definition) is 1. The maximum absolute atomic E-state index is 9.43. The van der Waals surface area contributed by atoms with Crippen LogP contribution in [-0.4, -0.2) is 20.4 Å². The lowest BCUT2D eigenvalue weighted by atomic mass is 9.94. The number of anilines is 1. The first kappa shape index (κ1) is 13.8. The Kier molecular flexibility index (Phi) is 3.84. The average Bonchev–Trinajstić information content (AvgIpc) is 2.79. The molecule has 1 fully saturated rings. The molecule has 0 radical (unpaired) electrons. The Labute approximate surface area is 134 Å². The van der Waals surface area contributed by atoms with Crippen LogP contribution in [0.4, 0.5) is 5.95 Å². The molecule has 1 aliphatic heterocycles. The maximum Gasteiger partial charge on any atom is 0.391 e. The summed E-state index contributed by atoms with van der Waals surface area (Å²) < 4.78 is 2.69. The highest BCUT2D eigenvalue weighted by Crippen LogP contribution is 2.47. The summed E-state index contributed by atoms with van der Waals surface area (Å²) in [6.45, 7) is 0. The summed E-state index contributed by atoms with van der Waals surface area (Å²) in [5.74, 6) is 0.557. The van der Waals surface area contributed by atoms with E-state index in [0.717, 1.165) is 10.1 Å².